The maximum absolute atomic E-state index is 14.0. The molecule has 1 atom stereocenters. The Labute approximate surface area is 115 Å². The summed E-state index contributed by atoms with van der Waals surface area (Å²) in [6, 6.07) is 2.74. The van der Waals surface area contributed by atoms with E-state index in [-0.39, 0.29) is 11.1 Å². The Morgan fingerprint density at radius 2 is 2.11 bits per heavy atom. The molecule has 1 N–H and O–H groups in total. The predicted molar refractivity (Wildman–Crippen MR) is 72.6 cm³/mol. The van der Waals surface area contributed by atoms with Gasteiger partial charge in [-0.1, -0.05) is 13.8 Å². The molecule has 1 aliphatic rings. The zero-order valence-electron chi connectivity index (χ0n) is 10.7. The van der Waals surface area contributed by atoms with Crippen molar-refractivity contribution >= 4 is 15.9 Å². The Hall–Kier alpha value is -0.480. The molecule has 1 unspecified atom stereocenters. The lowest BCUT2D eigenvalue weighted by Crippen LogP contribution is -2.47. The van der Waals surface area contributed by atoms with E-state index in [1.165, 1.54) is 12.1 Å². The summed E-state index contributed by atoms with van der Waals surface area (Å²) in [6.45, 7) is 5.13. The summed E-state index contributed by atoms with van der Waals surface area (Å²) >= 11 is 3.12. The number of nitrogens with one attached hydrogen (secondary N) is 1. The highest BCUT2D eigenvalue weighted by atomic mass is 79.9. The molecule has 0 aliphatic carbocycles. The second-order valence-electron chi connectivity index (χ2n) is 5.34. The van der Waals surface area contributed by atoms with Gasteiger partial charge in [-0.05, 0) is 59.8 Å². The molecule has 1 aromatic carbocycles. The van der Waals surface area contributed by atoms with Gasteiger partial charge in [-0.3, -0.25) is 0 Å². The normalized spacial score (nSPS) is 23.9. The zero-order valence-corrected chi connectivity index (χ0v) is 12.3. The highest BCUT2D eigenvalue weighted by Crippen LogP contribution is 2.34. The van der Waals surface area contributed by atoms with E-state index >= 15 is 0 Å². The molecule has 1 fully saturated rings. The number of benzene rings is 1. The number of rotatable bonds is 3. The van der Waals surface area contributed by atoms with E-state index in [1.54, 1.807) is 0 Å². The van der Waals surface area contributed by atoms with E-state index in [9.17, 15) is 8.78 Å². The predicted octanol–water partition coefficient (Wildman–Crippen LogP) is 4.05. The van der Waals surface area contributed by atoms with E-state index in [1.807, 2.05) is 0 Å². The Kier molecular flexibility index (Phi) is 4.07. The molecule has 1 aliphatic heterocycles. The van der Waals surface area contributed by atoms with Crippen molar-refractivity contribution in [1.29, 1.82) is 0 Å². The van der Waals surface area contributed by atoms with E-state index in [4.69, 9.17) is 0 Å². The molecular formula is C14H18BrF2N. The zero-order chi connectivity index (χ0) is 13.3. The highest BCUT2D eigenvalue weighted by molar-refractivity contribution is 9.10. The van der Waals surface area contributed by atoms with Gasteiger partial charge in [0, 0.05) is 11.1 Å². The maximum atomic E-state index is 14.0. The van der Waals surface area contributed by atoms with Crippen LogP contribution >= 0.6 is 15.9 Å². The topological polar surface area (TPSA) is 12.0 Å². The Morgan fingerprint density at radius 3 is 2.67 bits per heavy atom. The molecule has 1 aromatic rings. The average Bonchev–Trinajstić information content (AvgIpc) is 2.80. The van der Waals surface area contributed by atoms with Crippen LogP contribution in [0.15, 0.2) is 16.6 Å². The second-order valence-corrected chi connectivity index (χ2v) is 6.19. The van der Waals surface area contributed by atoms with Crippen molar-refractivity contribution in [1.82, 2.24) is 5.32 Å². The van der Waals surface area contributed by atoms with Crippen molar-refractivity contribution in [3.8, 4) is 0 Å². The first kappa shape index (κ1) is 13.9. The molecule has 1 heterocycles. The minimum Gasteiger partial charge on any atom is -0.311 e. The van der Waals surface area contributed by atoms with Crippen molar-refractivity contribution in [3.05, 3.63) is 33.8 Å². The molecule has 4 heteroatoms. The first-order valence-corrected chi connectivity index (χ1v) is 7.13. The van der Waals surface area contributed by atoms with Crippen molar-refractivity contribution in [2.75, 3.05) is 6.54 Å². The van der Waals surface area contributed by atoms with Gasteiger partial charge in [0.25, 0.3) is 0 Å². The van der Waals surface area contributed by atoms with Crippen LogP contribution in [0.3, 0.4) is 0 Å². The van der Waals surface area contributed by atoms with E-state index in [0.29, 0.717) is 16.8 Å². The van der Waals surface area contributed by atoms with Crippen molar-refractivity contribution < 1.29 is 8.78 Å². The number of hydrogen-bond acceptors (Lipinski definition) is 1. The van der Waals surface area contributed by atoms with Gasteiger partial charge >= 0.3 is 0 Å². The fourth-order valence-electron chi connectivity index (χ4n) is 2.72. The molecule has 0 saturated carbocycles. The van der Waals surface area contributed by atoms with E-state index in [2.05, 4.69) is 35.1 Å². The van der Waals surface area contributed by atoms with Crippen molar-refractivity contribution in [2.24, 2.45) is 5.92 Å². The summed E-state index contributed by atoms with van der Waals surface area (Å²) in [7, 11) is 0. The number of halogens is 3. The van der Waals surface area contributed by atoms with Crippen LogP contribution in [-0.4, -0.2) is 12.1 Å². The first-order chi connectivity index (χ1) is 8.46. The third-order valence-corrected chi connectivity index (χ3v) is 4.63. The Morgan fingerprint density at radius 1 is 1.39 bits per heavy atom. The van der Waals surface area contributed by atoms with Gasteiger partial charge in [0.15, 0.2) is 0 Å². The summed E-state index contributed by atoms with van der Waals surface area (Å²) in [5, 5.41) is 3.44. The van der Waals surface area contributed by atoms with Gasteiger partial charge in [-0.15, -0.1) is 0 Å². The second kappa shape index (κ2) is 5.25. The van der Waals surface area contributed by atoms with Gasteiger partial charge in [0.05, 0.1) is 4.47 Å². The van der Waals surface area contributed by atoms with Crippen LogP contribution in [0.1, 0.15) is 32.3 Å². The highest BCUT2D eigenvalue weighted by Gasteiger charge is 2.38. The third-order valence-electron chi connectivity index (χ3n) is 4.01. The molecule has 2 rings (SSSR count). The van der Waals surface area contributed by atoms with Gasteiger partial charge in [0.1, 0.15) is 11.6 Å². The third kappa shape index (κ3) is 2.45. The molecule has 100 valence electrons. The fourth-order valence-corrected chi connectivity index (χ4v) is 3.10. The van der Waals surface area contributed by atoms with Gasteiger partial charge < -0.3 is 5.32 Å². The largest absolute Gasteiger partial charge is 0.311 e. The minimum absolute atomic E-state index is 0.178. The fraction of sp³-hybridized carbons (Fsp3) is 0.571. The monoisotopic (exact) mass is 317 g/mol. The number of hydrogen-bond donors (Lipinski definition) is 1. The van der Waals surface area contributed by atoms with Gasteiger partial charge in [0.2, 0.25) is 0 Å². The lowest BCUT2D eigenvalue weighted by molar-refractivity contribution is 0.263. The molecule has 1 nitrogen and oxygen atoms in total. The molecular weight excluding hydrogens is 300 g/mol. The first-order valence-electron chi connectivity index (χ1n) is 6.34. The van der Waals surface area contributed by atoms with Crippen LogP contribution in [-0.2, 0) is 6.42 Å². The van der Waals surface area contributed by atoms with Gasteiger partial charge in [-0.25, -0.2) is 8.78 Å². The summed E-state index contributed by atoms with van der Waals surface area (Å²) in [6.07, 6.45) is 2.44. The quantitative estimate of drug-likeness (QED) is 0.829. The lowest BCUT2D eigenvalue weighted by atomic mass is 9.79. The van der Waals surface area contributed by atoms with E-state index < -0.39 is 11.6 Å². The van der Waals surface area contributed by atoms with Crippen molar-refractivity contribution in [2.45, 2.75) is 38.6 Å². The van der Waals surface area contributed by atoms with Crippen LogP contribution in [0, 0.1) is 17.6 Å². The average molecular weight is 318 g/mol. The molecule has 0 bridgehead atoms. The molecule has 0 aromatic heterocycles. The smallest absolute Gasteiger partial charge is 0.143 e. The molecule has 1 saturated heterocycles. The van der Waals surface area contributed by atoms with Crippen LogP contribution in [0.4, 0.5) is 8.78 Å². The summed E-state index contributed by atoms with van der Waals surface area (Å²) in [5.41, 5.74) is 0.00938. The lowest BCUT2D eigenvalue weighted by Gasteiger charge is -2.34. The van der Waals surface area contributed by atoms with Crippen LogP contribution in [0.25, 0.3) is 0 Å². The standard InChI is InChI=1S/C14H18BrF2N/c1-9(2)14(6-3-7-18-14)8-10-12(16)5-4-11(15)13(10)17/h4-5,9,18H,3,6-8H2,1-2H3. The molecule has 18 heavy (non-hydrogen) atoms. The van der Waals surface area contributed by atoms with Gasteiger partial charge in [-0.2, -0.15) is 0 Å². The van der Waals surface area contributed by atoms with E-state index in [0.717, 1.165) is 19.4 Å². The SMILES string of the molecule is CC(C)C1(Cc2c(F)ccc(Br)c2F)CCCN1. The summed E-state index contributed by atoms with van der Waals surface area (Å²) in [5.74, 6) is -0.578. The van der Waals surface area contributed by atoms with Crippen LogP contribution in [0.2, 0.25) is 0 Å². The molecule has 0 amide bonds. The van der Waals surface area contributed by atoms with Crippen LogP contribution in [0.5, 0.6) is 0 Å². The summed E-state index contributed by atoms with van der Waals surface area (Å²) in [4.78, 5) is 0. The Balaban J connectivity index is 2.36. The maximum Gasteiger partial charge on any atom is 0.143 e. The van der Waals surface area contributed by atoms with Crippen LogP contribution < -0.4 is 5.32 Å². The molecule has 0 spiro atoms. The van der Waals surface area contributed by atoms with Crippen molar-refractivity contribution in [3.63, 3.8) is 0 Å². The summed E-state index contributed by atoms with van der Waals surface area (Å²) < 4.78 is 28.2. The Bertz CT molecular complexity index is 440. The minimum atomic E-state index is -0.469. The molecule has 0 radical (unpaired) electrons.